The highest BCUT2D eigenvalue weighted by Gasteiger charge is 2.19. The van der Waals surface area contributed by atoms with Gasteiger partial charge in [0.05, 0.1) is 6.26 Å². The zero-order valence-electron chi connectivity index (χ0n) is 14.0. The molecule has 3 aromatic rings. The van der Waals surface area contributed by atoms with Crippen LogP contribution in [0.25, 0.3) is 0 Å². The maximum absolute atomic E-state index is 12.4. The third kappa shape index (κ3) is 4.07. The SMILES string of the molecule is Cc1cccc(=O)n1CCC(=O)NC(c1ccccc1)c1ccco1. The van der Waals surface area contributed by atoms with Gasteiger partial charge in [-0.15, -0.1) is 0 Å². The van der Waals surface area contributed by atoms with Gasteiger partial charge in [0.15, 0.2) is 0 Å². The Morgan fingerprint density at radius 2 is 1.88 bits per heavy atom. The molecule has 0 fully saturated rings. The summed E-state index contributed by atoms with van der Waals surface area (Å²) in [6, 6.07) is 18.0. The van der Waals surface area contributed by atoms with E-state index in [1.54, 1.807) is 23.0 Å². The highest BCUT2D eigenvalue weighted by atomic mass is 16.3. The number of nitrogens with zero attached hydrogens (tertiary/aromatic N) is 1. The van der Waals surface area contributed by atoms with Gasteiger partial charge in [-0.3, -0.25) is 9.59 Å². The summed E-state index contributed by atoms with van der Waals surface area (Å²) in [5.74, 6) is 0.535. The van der Waals surface area contributed by atoms with Crippen molar-refractivity contribution in [2.45, 2.75) is 25.9 Å². The average molecular weight is 336 g/mol. The van der Waals surface area contributed by atoms with Gasteiger partial charge in [0, 0.05) is 24.7 Å². The smallest absolute Gasteiger partial charge is 0.250 e. The van der Waals surface area contributed by atoms with Crippen LogP contribution >= 0.6 is 0 Å². The highest BCUT2D eigenvalue weighted by molar-refractivity contribution is 5.76. The van der Waals surface area contributed by atoms with Crippen LogP contribution in [0.5, 0.6) is 0 Å². The molecule has 2 aromatic heterocycles. The van der Waals surface area contributed by atoms with Crippen molar-refractivity contribution < 1.29 is 9.21 Å². The molecule has 1 atom stereocenters. The Bertz CT molecular complexity index is 883. The van der Waals surface area contributed by atoms with E-state index in [0.717, 1.165) is 11.3 Å². The van der Waals surface area contributed by atoms with Crippen LogP contribution in [0.15, 0.2) is 76.1 Å². The van der Waals surface area contributed by atoms with Crippen LogP contribution in [0, 0.1) is 6.92 Å². The second kappa shape index (κ2) is 7.66. The molecule has 128 valence electrons. The Balaban J connectivity index is 1.72. The quantitative estimate of drug-likeness (QED) is 0.752. The Morgan fingerprint density at radius 3 is 2.56 bits per heavy atom. The lowest BCUT2D eigenvalue weighted by Crippen LogP contribution is -2.31. The lowest BCUT2D eigenvalue weighted by atomic mass is 10.0. The second-order valence-corrected chi connectivity index (χ2v) is 5.83. The van der Waals surface area contributed by atoms with Gasteiger partial charge in [0.2, 0.25) is 5.91 Å². The number of amides is 1. The molecule has 5 heteroatoms. The van der Waals surface area contributed by atoms with E-state index in [9.17, 15) is 9.59 Å². The van der Waals surface area contributed by atoms with Crippen molar-refractivity contribution in [3.05, 3.63) is 94.3 Å². The number of hydrogen-bond donors (Lipinski definition) is 1. The standard InChI is InChI=1S/C20H20N2O3/c1-15-7-5-11-19(24)22(15)13-12-18(23)21-20(17-10-6-14-25-17)16-8-3-2-4-9-16/h2-11,14,20H,12-13H2,1H3,(H,21,23). The van der Waals surface area contributed by atoms with Gasteiger partial charge in [-0.25, -0.2) is 0 Å². The number of carbonyl (C=O) groups is 1. The van der Waals surface area contributed by atoms with Gasteiger partial charge >= 0.3 is 0 Å². The zero-order valence-corrected chi connectivity index (χ0v) is 14.0. The number of rotatable bonds is 6. The van der Waals surface area contributed by atoms with Crippen molar-refractivity contribution in [2.75, 3.05) is 0 Å². The Kier molecular flexibility index (Phi) is 5.14. The van der Waals surface area contributed by atoms with Gasteiger partial charge in [-0.05, 0) is 30.7 Å². The Hall–Kier alpha value is -3.08. The molecule has 0 bridgehead atoms. The number of hydrogen-bond acceptors (Lipinski definition) is 3. The topological polar surface area (TPSA) is 64.2 Å². The van der Waals surface area contributed by atoms with Gasteiger partial charge in [-0.2, -0.15) is 0 Å². The molecular weight excluding hydrogens is 316 g/mol. The first-order valence-corrected chi connectivity index (χ1v) is 8.19. The fourth-order valence-electron chi connectivity index (χ4n) is 2.78. The Labute approximate surface area is 145 Å². The van der Waals surface area contributed by atoms with Crippen molar-refractivity contribution in [3.63, 3.8) is 0 Å². The maximum Gasteiger partial charge on any atom is 0.250 e. The normalized spacial score (nSPS) is 11.9. The molecule has 3 rings (SSSR count). The molecule has 0 aliphatic heterocycles. The third-order valence-electron chi connectivity index (χ3n) is 4.10. The highest BCUT2D eigenvalue weighted by Crippen LogP contribution is 2.22. The van der Waals surface area contributed by atoms with Crippen LogP contribution in [0.1, 0.15) is 29.5 Å². The fourth-order valence-corrected chi connectivity index (χ4v) is 2.78. The molecule has 0 saturated carbocycles. The number of pyridine rings is 1. The van der Waals surface area contributed by atoms with E-state index in [1.807, 2.05) is 49.4 Å². The third-order valence-corrected chi connectivity index (χ3v) is 4.10. The monoisotopic (exact) mass is 336 g/mol. The number of aromatic nitrogens is 1. The summed E-state index contributed by atoms with van der Waals surface area (Å²) in [6.07, 6.45) is 1.80. The molecule has 5 nitrogen and oxygen atoms in total. The first-order chi connectivity index (χ1) is 12.1. The summed E-state index contributed by atoms with van der Waals surface area (Å²) in [5.41, 5.74) is 1.68. The molecule has 2 heterocycles. The predicted molar refractivity (Wildman–Crippen MR) is 95.2 cm³/mol. The van der Waals surface area contributed by atoms with E-state index in [0.29, 0.717) is 12.3 Å². The van der Waals surface area contributed by atoms with Crippen LogP contribution in [-0.2, 0) is 11.3 Å². The summed E-state index contributed by atoms with van der Waals surface area (Å²) in [7, 11) is 0. The summed E-state index contributed by atoms with van der Waals surface area (Å²) in [4.78, 5) is 24.3. The number of nitrogens with one attached hydrogen (secondary N) is 1. The molecular formula is C20H20N2O3. The minimum Gasteiger partial charge on any atom is -0.467 e. The summed E-state index contributed by atoms with van der Waals surface area (Å²) in [5, 5.41) is 3.00. The predicted octanol–water partition coefficient (Wildman–Crippen LogP) is 3.05. The van der Waals surface area contributed by atoms with Crippen molar-refractivity contribution in [3.8, 4) is 0 Å². The largest absolute Gasteiger partial charge is 0.467 e. The molecule has 25 heavy (non-hydrogen) atoms. The van der Waals surface area contributed by atoms with Crippen molar-refractivity contribution in [2.24, 2.45) is 0 Å². The van der Waals surface area contributed by atoms with Crippen LogP contribution in [0.2, 0.25) is 0 Å². The fraction of sp³-hybridized carbons (Fsp3) is 0.200. The van der Waals surface area contributed by atoms with E-state index in [4.69, 9.17) is 4.42 Å². The first-order valence-electron chi connectivity index (χ1n) is 8.19. The number of aryl methyl sites for hydroxylation is 1. The Morgan fingerprint density at radius 1 is 1.08 bits per heavy atom. The van der Waals surface area contributed by atoms with Crippen LogP contribution < -0.4 is 10.9 Å². The molecule has 0 radical (unpaired) electrons. The lowest BCUT2D eigenvalue weighted by molar-refractivity contribution is -0.121. The van der Waals surface area contributed by atoms with Gasteiger partial charge in [0.1, 0.15) is 11.8 Å². The number of carbonyl (C=O) groups excluding carboxylic acids is 1. The number of benzene rings is 1. The van der Waals surface area contributed by atoms with Gasteiger partial charge in [-0.1, -0.05) is 36.4 Å². The van der Waals surface area contributed by atoms with Gasteiger partial charge in [0.25, 0.3) is 5.56 Å². The summed E-state index contributed by atoms with van der Waals surface area (Å²) >= 11 is 0. The minimum absolute atomic E-state index is 0.0987. The molecule has 1 aromatic carbocycles. The second-order valence-electron chi connectivity index (χ2n) is 5.83. The van der Waals surface area contributed by atoms with E-state index in [1.165, 1.54) is 6.07 Å². The van der Waals surface area contributed by atoms with Crippen molar-refractivity contribution in [1.29, 1.82) is 0 Å². The van der Waals surface area contributed by atoms with E-state index < -0.39 is 0 Å². The molecule has 1 unspecified atom stereocenters. The first kappa shape index (κ1) is 16.8. The van der Waals surface area contributed by atoms with E-state index in [-0.39, 0.29) is 23.9 Å². The van der Waals surface area contributed by atoms with Crippen molar-refractivity contribution in [1.82, 2.24) is 9.88 Å². The molecule has 1 amide bonds. The molecule has 1 N–H and O–H groups in total. The van der Waals surface area contributed by atoms with E-state index >= 15 is 0 Å². The van der Waals surface area contributed by atoms with Crippen LogP contribution in [-0.4, -0.2) is 10.5 Å². The molecule has 0 saturated heterocycles. The zero-order chi connectivity index (χ0) is 17.6. The minimum atomic E-state index is -0.350. The van der Waals surface area contributed by atoms with Crippen LogP contribution in [0.4, 0.5) is 0 Å². The van der Waals surface area contributed by atoms with Crippen molar-refractivity contribution >= 4 is 5.91 Å². The molecule has 0 aliphatic rings. The summed E-state index contributed by atoms with van der Waals surface area (Å²) < 4.78 is 7.08. The maximum atomic E-state index is 12.4. The molecule has 0 spiro atoms. The summed E-state index contributed by atoms with van der Waals surface area (Å²) in [6.45, 7) is 2.20. The van der Waals surface area contributed by atoms with E-state index in [2.05, 4.69) is 5.32 Å². The average Bonchev–Trinajstić information content (AvgIpc) is 3.14. The number of furan rings is 1. The molecule has 0 aliphatic carbocycles. The lowest BCUT2D eigenvalue weighted by Gasteiger charge is -2.17. The van der Waals surface area contributed by atoms with Crippen LogP contribution in [0.3, 0.4) is 0 Å². The van der Waals surface area contributed by atoms with Gasteiger partial charge < -0.3 is 14.3 Å².